The Balaban J connectivity index is 4.23. The lowest BCUT2D eigenvalue weighted by atomic mass is 10.1. The molecule has 5 N–H and O–H groups in total. The van der Waals surface area contributed by atoms with Crippen molar-refractivity contribution >= 4 is 11.9 Å². The van der Waals surface area contributed by atoms with E-state index < -0.39 is 24.0 Å². The molecule has 0 aliphatic heterocycles. The van der Waals surface area contributed by atoms with Crippen LogP contribution in [0.2, 0.25) is 0 Å². The Hall–Kier alpha value is -1.58. The van der Waals surface area contributed by atoms with Gasteiger partial charge in [-0.05, 0) is 0 Å². The summed E-state index contributed by atoms with van der Waals surface area (Å²) in [5.41, 5.74) is 5.36. The van der Waals surface area contributed by atoms with E-state index in [1.54, 1.807) is 0 Å². The monoisotopic (exact) mass is 214 g/mol. The predicted octanol–water partition coefficient (Wildman–Crippen LogP) is -1.71. The Labute approximate surface area is 87.5 Å². The van der Waals surface area contributed by atoms with E-state index in [4.69, 9.17) is 22.4 Å². The molecule has 0 rings (SSSR count). The number of hydrogen-bond acceptors (Lipinski definition) is 4. The average Bonchev–Trinajstić information content (AvgIpc) is 2.17. The van der Waals surface area contributed by atoms with Gasteiger partial charge in [0, 0.05) is 19.4 Å². The number of rotatable bonds is 6. The molecule has 0 spiro atoms. The molecule has 0 saturated carbocycles. The highest BCUT2D eigenvalue weighted by atomic mass is 16.4. The highest BCUT2D eigenvalue weighted by molar-refractivity contribution is 5.86. The minimum absolute atomic E-state index is 0.0390. The van der Waals surface area contributed by atoms with E-state index in [0.717, 1.165) is 0 Å². The molecule has 0 aliphatic carbocycles. The van der Waals surface area contributed by atoms with Crippen LogP contribution in [-0.2, 0) is 9.59 Å². The minimum Gasteiger partial charge on any atom is -0.480 e. The van der Waals surface area contributed by atoms with Crippen LogP contribution in [0.25, 0.3) is 0 Å². The van der Waals surface area contributed by atoms with Crippen LogP contribution in [0.5, 0.6) is 0 Å². The van der Waals surface area contributed by atoms with Gasteiger partial charge < -0.3 is 21.3 Å². The Bertz CT molecular complexity index is 272. The number of hydrogen-bond donors (Lipinski definition) is 4. The molecule has 0 saturated heterocycles. The number of nitrogens with one attached hydrogen (secondary N) is 1. The summed E-state index contributed by atoms with van der Waals surface area (Å²) in [5, 5.41) is 19.4. The van der Waals surface area contributed by atoms with Gasteiger partial charge in [-0.25, -0.2) is 4.79 Å². The first-order valence-corrected chi connectivity index (χ1v) is 4.36. The minimum atomic E-state index is -1.22. The summed E-state index contributed by atoms with van der Waals surface area (Å²) < 4.78 is 0. The number of carbonyl (C=O) groups excluding carboxylic acids is 1. The summed E-state index contributed by atoms with van der Waals surface area (Å²) in [4.78, 5) is 21.8. The van der Waals surface area contributed by atoms with E-state index in [1.165, 1.54) is 0 Å². The summed E-state index contributed by atoms with van der Waals surface area (Å²) in [6, 6.07) is -2.05. The van der Waals surface area contributed by atoms with Crippen molar-refractivity contribution in [3.05, 3.63) is 0 Å². The second kappa shape index (κ2) is 6.81. The van der Waals surface area contributed by atoms with Crippen LogP contribution in [0.1, 0.15) is 12.8 Å². The summed E-state index contributed by atoms with van der Waals surface area (Å²) in [6.45, 7) is -0.332. The fourth-order valence-corrected chi connectivity index (χ4v) is 0.885. The maximum absolute atomic E-state index is 11.2. The number of carboxylic acid groups (broad SMARTS) is 1. The molecule has 6 heteroatoms. The first kappa shape index (κ1) is 13.4. The van der Waals surface area contributed by atoms with Crippen molar-refractivity contribution in [3.8, 4) is 12.3 Å². The van der Waals surface area contributed by atoms with E-state index in [2.05, 4.69) is 11.2 Å². The van der Waals surface area contributed by atoms with E-state index in [-0.39, 0.29) is 19.4 Å². The number of carboxylic acids is 1. The standard InChI is InChI=1S/C9H14N2O4/c1-2-3-6(10)8(13)11-7(4-5-12)9(14)15/h1,6-7,12H,3-5,10H2,(H,11,13)(H,14,15). The van der Waals surface area contributed by atoms with Crippen molar-refractivity contribution in [1.29, 1.82) is 0 Å². The van der Waals surface area contributed by atoms with Crippen LogP contribution < -0.4 is 11.1 Å². The molecule has 0 radical (unpaired) electrons. The Kier molecular flexibility index (Phi) is 6.09. The van der Waals surface area contributed by atoms with Crippen LogP contribution in [0.15, 0.2) is 0 Å². The maximum atomic E-state index is 11.2. The molecule has 15 heavy (non-hydrogen) atoms. The maximum Gasteiger partial charge on any atom is 0.326 e. The molecule has 0 aromatic heterocycles. The number of carbonyl (C=O) groups is 2. The Morgan fingerprint density at radius 2 is 2.13 bits per heavy atom. The van der Waals surface area contributed by atoms with Crippen LogP contribution in [0.4, 0.5) is 0 Å². The summed E-state index contributed by atoms with van der Waals surface area (Å²) in [5.74, 6) is 0.352. The van der Waals surface area contributed by atoms with Crippen molar-refractivity contribution in [2.75, 3.05) is 6.61 Å². The van der Waals surface area contributed by atoms with Crippen LogP contribution in [0.3, 0.4) is 0 Å². The smallest absolute Gasteiger partial charge is 0.326 e. The van der Waals surface area contributed by atoms with Gasteiger partial charge in [-0.3, -0.25) is 4.79 Å². The third-order valence-electron chi connectivity index (χ3n) is 1.71. The first-order chi connectivity index (χ1) is 7.02. The third kappa shape index (κ3) is 5.00. The molecular weight excluding hydrogens is 200 g/mol. The van der Waals surface area contributed by atoms with Gasteiger partial charge in [0.1, 0.15) is 6.04 Å². The van der Waals surface area contributed by atoms with Crippen LogP contribution >= 0.6 is 0 Å². The highest BCUT2D eigenvalue weighted by Gasteiger charge is 2.22. The predicted molar refractivity (Wildman–Crippen MR) is 52.7 cm³/mol. The van der Waals surface area contributed by atoms with Gasteiger partial charge in [0.25, 0.3) is 0 Å². The van der Waals surface area contributed by atoms with Crippen molar-refractivity contribution in [1.82, 2.24) is 5.32 Å². The van der Waals surface area contributed by atoms with E-state index in [9.17, 15) is 9.59 Å². The molecule has 6 nitrogen and oxygen atoms in total. The molecule has 1 amide bonds. The molecule has 0 aromatic rings. The molecule has 0 aliphatic rings. The van der Waals surface area contributed by atoms with Gasteiger partial charge in [-0.1, -0.05) is 0 Å². The highest BCUT2D eigenvalue weighted by Crippen LogP contribution is 1.94. The number of aliphatic hydroxyl groups is 1. The van der Waals surface area contributed by atoms with Crippen molar-refractivity contribution in [2.24, 2.45) is 5.73 Å². The van der Waals surface area contributed by atoms with E-state index in [1.807, 2.05) is 0 Å². The number of nitrogens with two attached hydrogens (primary N) is 1. The molecule has 84 valence electrons. The van der Waals surface area contributed by atoms with E-state index >= 15 is 0 Å². The van der Waals surface area contributed by atoms with Gasteiger partial charge in [-0.2, -0.15) is 0 Å². The SMILES string of the molecule is C#CCC(N)C(=O)NC(CCO)C(=O)O. The molecule has 0 heterocycles. The summed E-state index contributed by atoms with van der Waals surface area (Å²) >= 11 is 0. The van der Waals surface area contributed by atoms with E-state index in [0.29, 0.717) is 0 Å². The number of terminal acetylenes is 1. The van der Waals surface area contributed by atoms with Crippen molar-refractivity contribution in [2.45, 2.75) is 24.9 Å². The number of aliphatic hydroxyl groups excluding tert-OH is 1. The van der Waals surface area contributed by atoms with Gasteiger partial charge in [0.15, 0.2) is 0 Å². The average molecular weight is 214 g/mol. The van der Waals surface area contributed by atoms with Crippen LogP contribution in [-0.4, -0.2) is 40.8 Å². The lowest BCUT2D eigenvalue weighted by molar-refractivity contribution is -0.142. The molecular formula is C9H14N2O4. The molecule has 0 fully saturated rings. The zero-order valence-corrected chi connectivity index (χ0v) is 8.14. The second-order valence-corrected chi connectivity index (χ2v) is 2.93. The second-order valence-electron chi connectivity index (χ2n) is 2.93. The topological polar surface area (TPSA) is 113 Å². The van der Waals surface area contributed by atoms with Gasteiger partial charge in [0.05, 0.1) is 6.04 Å². The van der Waals surface area contributed by atoms with Gasteiger partial charge in [-0.15, -0.1) is 12.3 Å². The zero-order chi connectivity index (χ0) is 11.8. The molecule has 0 bridgehead atoms. The molecule has 2 atom stereocenters. The lowest BCUT2D eigenvalue weighted by Gasteiger charge is -2.15. The largest absolute Gasteiger partial charge is 0.480 e. The Morgan fingerprint density at radius 3 is 2.53 bits per heavy atom. The fraction of sp³-hybridized carbons (Fsp3) is 0.556. The molecule has 2 unspecified atom stereocenters. The summed E-state index contributed by atoms with van der Waals surface area (Å²) in [6.07, 6.45) is 4.92. The van der Waals surface area contributed by atoms with Crippen molar-refractivity contribution < 1.29 is 19.8 Å². The van der Waals surface area contributed by atoms with Crippen LogP contribution in [0, 0.1) is 12.3 Å². The zero-order valence-electron chi connectivity index (χ0n) is 8.14. The lowest BCUT2D eigenvalue weighted by Crippen LogP contribution is -2.48. The third-order valence-corrected chi connectivity index (χ3v) is 1.71. The van der Waals surface area contributed by atoms with Gasteiger partial charge >= 0.3 is 5.97 Å². The van der Waals surface area contributed by atoms with Crippen molar-refractivity contribution in [3.63, 3.8) is 0 Å². The quantitative estimate of drug-likeness (QED) is 0.393. The first-order valence-electron chi connectivity index (χ1n) is 4.36. The summed E-state index contributed by atoms with van der Waals surface area (Å²) in [7, 11) is 0. The molecule has 0 aromatic carbocycles. The number of aliphatic carboxylic acids is 1. The normalized spacial score (nSPS) is 13.7. The number of amides is 1. The fourth-order valence-electron chi connectivity index (χ4n) is 0.885. The Morgan fingerprint density at radius 1 is 1.53 bits per heavy atom. The van der Waals surface area contributed by atoms with Gasteiger partial charge in [0.2, 0.25) is 5.91 Å².